The Balaban J connectivity index is 2.46. The van der Waals surface area contributed by atoms with Crippen molar-refractivity contribution in [2.45, 2.75) is 0 Å². The molecule has 0 fully saturated rings. The molecule has 2 heterocycles. The first-order valence-corrected chi connectivity index (χ1v) is 4.66. The molecule has 0 aliphatic rings. The maximum Gasteiger partial charge on any atom is 0.268 e. The molecule has 0 aliphatic carbocycles. The highest BCUT2D eigenvalue weighted by atomic mass is 32.1. The number of nitrogens with zero attached hydrogens (tertiary/aromatic N) is 3. The average Bonchev–Trinajstić information content (AvgIpc) is 2.71. The number of nitrogens with two attached hydrogens (primary N) is 1. The lowest BCUT2D eigenvalue weighted by Gasteiger charge is -1.97. The molecule has 2 aromatic heterocycles. The van der Waals surface area contributed by atoms with E-state index in [4.69, 9.17) is 5.73 Å². The van der Waals surface area contributed by atoms with Gasteiger partial charge in [0.1, 0.15) is 11.4 Å². The lowest BCUT2D eigenvalue weighted by atomic mass is 10.3. The Kier molecular flexibility index (Phi) is 2.19. The molecular weight excluding hydrogens is 200 g/mol. The normalized spacial score (nSPS) is 10.0. The van der Waals surface area contributed by atoms with E-state index in [1.807, 2.05) is 0 Å². The van der Waals surface area contributed by atoms with E-state index in [0.717, 1.165) is 4.88 Å². The third-order valence-corrected chi connectivity index (χ3v) is 2.37. The number of primary amides is 1. The summed E-state index contributed by atoms with van der Waals surface area (Å²) in [5.74, 6) is -0.580. The molecule has 70 valence electrons. The Morgan fingerprint density at radius 1 is 1.29 bits per heavy atom. The van der Waals surface area contributed by atoms with Crippen LogP contribution in [0, 0.1) is 0 Å². The second-order valence-electron chi connectivity index (χ2n) is 2.52. The Labute approximate surface area is 83.7 Å². The maximum absolute atomic E-state index is 10.8. The number of aromatic nitrogens is 3. The van der Waals surface area contributed by atoms with Crippen molar-refractivity contribution >= 4 is 17.2 Å². The van der Waals surface area contributed by atoms with Crippen LogP contribution in [0.1, 0.15) is 10.5 Å². The van der Waals surface area contributed by atoms with Gasteiger partial charge in [-0.2, -0.15) is 0 Å². The lowest BCUT2D eigenvalue weighted by Crippen LogP contribution is -2.13. The van der Waals surface area contributed by atoms with E-state index in [0.29, 0.717) is 5.69 Å². The van der Waals surface area contributed by atoms with Crippen molar-refractivity contribution in [3.63, 3.8) is 0 Å². The zero-order chi connectivity index (χ0) is 9.97. The predicted molar refractivity (Wildman–Crippen MR) is 51.7 cm³/mol. The fraction of sp³-hybridized carbons (Fsp3) is 0. The second kappa shape index (κ2) is 3.51. The number of carbonyl (C=O) groups excluding carboxylic acids is 1. The second-order valence-corrected chi connectivity index (χ2v) is 3.41. The first-order valence-electron chi connectivity index (χ1n) is 3.78. The van der Waals surface area contributed by atoms with Gasteiger partial charge < -0.3 is 5.73 Å². The molecule has 14 heavy (non-hydrogen) atoms. The van der Waals surface area contributed by atoms with Crippen LogP contribution in [0.25, 0.3) is 10.6 Å². The Morgan fingerprint density at radius 2 is 2.14 bits per heavy atom. The van der Waals surface area contributed by atoms with Gasteiger partial charge in [0.2, 0.25) is 0 Å². The van der Waals surface area contributed by atoms with Gasteiger partial charge >= 0.3 is 0 Å². The van der Waals surface area contributed by atoms with Crippen LogP contribution in [0.3, 0.4) is 0 Å². The van der Waals surface area contributed by atoms with Crippen LogP contribution >= 0.6 is 11.3 Å². The van der Waals surface area contributed by atoms with Crippen molar-refractivity contribution in [2.24, 2.45) is 5.73 Å². The highest BCUT2D eigenvalue weighted by Gasteiger charge is 2.06. The monoisotopic (exact) mass is 206 g/mol. The molecule has 0 unspecified atom stereocenters. The van der Waals surface area contributed by atoms with Gasteiger partial charge in [-0.15, -0.1) is 11.3 Å². The molecule has 2 rings (SSSR count). The summed E-state index contributed by atoms with van der Waals surface area (Å²) >= 11 is 1.43. The van der Waals surface area contributed by atoms with Crippen molar-refractivity contribution in [3.05, 3.63) is 29.8 Å². The van der Waals surface area contributed by atoms with E-state index in [1.165, 1.54) is 17.5 Å². The van der Waals surface area contributed by atoms with Gasteiger partial charge in [-0.05, 0) is 0 Å². The molecule has 0 saturated heterocycles. The van der Waals surface area contributed by atoms with Gasteiger partial charge in [-0.25, -0.2) is 4.98 Å². The third-order valence-electron chi connectivity index (χ3n) is 1.57. The zero-order valence-electron chi connectivity index (χ0n) is 7.04. The molecule has 2 N–H and O–H groups in total. The number of carbonyl (C=O) groups is 1. The lowest BCUT2D eigenvalue weighted by molar-refractivity contribution is 0.0995. The first-order chi connectivity index (χ1) is 6.77. The number of thiazole rings is 1. The zero-order valence-corrected chi connectivity index (χ0v) is 7.86. The summed E-state index contributed by atoms with van der Waals surface area (Å²) in [6.07, 6.45) is 4.58. The summed E-state index contributed by atoms with van der Waals surface area (Å²) < 4.78 is 0. The summed E-state index contributed by atoms with van der Waals surface area (Å²) in [7, 11) is 0. The van der Waals surface area contributed by atoms with E-state index in [2.05, 4.69) is 15.0 Å². The van der Waals surface area contributed by atoms with Gasteiger partial charge in [-0.3, -0.25) is 14.8 Å². The van der Waals surface area contributed by atoms with Gasteiger partial charge in [0.25, 0.3) is 5.91 Å². The maximum atomic E-state index is 10.8. The van der Waals surface area contributed by atoms with Crippen molar-refractivity contribution in [2.75, 3.05) is 0 Å². The Morgan fingerprint density at radius 3 is 2.79 bits per heavy atom. The molecule has 0 saturated carbocycles. The van der Waals surface area contributed by atoms with E-state index in [9.17, 15) is 4.79 Å². The van der Waals surface area contributed by atoms with E-state index in [1.54, 1.807) is 17.9 Å². The summed E-state index contributed by atoms with van der Waals surface area (Å²) in [5, 5.41) is 0. The summed E-state index contributed by atoms with van der Waals surface area (Å²) in [6.45, 7) is 0. The molecule has 0 radical (unpaired) electrons. The molecule has 0 bridgehead atoms. The number of amides is 1. The van der Waals surface area contributed by atoms with Crippen molar-refractivity contribution in [1.29, 1.82) is 0 Å². The molecule has 0 atom stereocenters. The van der Waals surface area contributed by atoms with Crippen LogP contribution in [-0.2, 0) is 0 Å². The predicted octanol–water partition coefficient (Wildman–Crippen LogP) is 0.699. The van der Waals surface area contributed by atoms with Crippen molar-refractivity contribution < 1.29 is 4.79 Å². The fourth-order valence-electron chi connectivity index (χ4n) is 0.946. The molecule has 6 heteroatoms. The molecule has 0 aliphatic heterocycles. The largest absolute Gasteiger partial charge is 0.364 e. The smallest absolute Gasteiger partial charge is 0.268 e. The SMILES string of the molecule is NC(=O)c1cncc(-c2cncs2)n1. The molecule has 0 aromatic carbocycles. The van der Waals surface area contributed by atoms with E-state index < -0.39 is 5.91 Å². The Bertz CT molecular complexity index is 454. The van der Waals surface area contributed by atoms with Crippen LogP contribution < -0.4 is 5.73 Å². The quantitative estimate of drug-likeness (QED) is 0.784. The average molecular weight is 206 g/mol. The van der Waals surface area contributed by atoms with Crippen LogP contribution in [-0.4, -0.2) is 20.9 Å². The standard InChI is InChI=1S/C8H6N4OS/c9-8(13)6-2-10-1-5(12-6)7-3-11-4-14-7/h1-4H,(H2,9,13). The fourth-order valence-corrected chi connectivity index (χ4v) is 1.52. The highest BCUT2D eigenvalue weighted by Crippen LogP contribution is 2.19. The van der Waals surface area contributed by atoms with E-state index in [-0.39, 0.29) is 5.69 Å². The summed E-state index contributed by atoms with van der Waals surface area (Å²) in [6, 6.07) is 0. The third kappa shape index (κ3) is 1.60. The number of rotatable bonds is 2. The van der Waals surface area contributed by atoms with E-state index >= 15 is 0 Å². The van der Waals surface area contributed by atoms with Crippen LogP contribution in [0.5, 0.6) is 0 Å². The number of hydrogen-bond acceptors (Lipinski definition) is 5. The van der Waals surface area contributed by atoms with Crippen molar-refractivity contribution in [3.8, 4) is 10.6 Å². The van der Waals surface area contributed by atoms with Crippen molar-refractivity contribution in [1.82, 2.24) is 15.0 Å². The molecule has 1 amide bonds. The first kappa shape index (κ1) is 8.76. The molecule has 5 nitrogen and oxygen atoms in total. The Hall–Kier alpha value is -1.82. The minimum Gasteiger partial charge on any atom is -0.364 e. The summed E-state index contributed by atoms with van der Waals surface area (Å²) in [4.78, 5) is 23.5. The van der Waals surface area contributed by atoms with Gasteiger partial charge in [-0.1, -0.05) is 0 Å². The molecule has 2 aromatic rings. The highest BCUT2D eigenvalue weighted by molar-refractivity contribution is 7.13. The summed E-state index contributed by atoms with van der Waals surface area (Å²) in [5.41, 5.74) is 7.55. The number of hydrogen-bond donors (Lipinski definition) is 1. The topological polar surface area (TPSA) is 81.8 Å². The minimum atomic E-state index is -0.580. The van der Waals surface area contributed by atoms with Gasteiger partial charge in [0.15, 0.2) is 0 Å². The van der Waals surface area contributed by atoms with Crippen LogP contribution in [0.2, 0.25) is 0 Å². The molecular formula is C8H6N4OS. The van der Waals surface area contributed by atoms with Crippen LogP contribution in [0.4, 0.5) is 0 Å². The molecule has 0 spiro atoms. The van der Waals surface area contributed by atoms with Gasteiger partial charge in [0, 0.05) is 6.20 Å². The minimum absolute atomic E-state index is 0.163. The van der Waals surface area contributed by atoms with Gasteiger partial charge in [0.05, 0.1) is 22.8 Å². The van der Waals surface area contributed by atoms with Crippen LogP contribution in [0.15, 0.2) is 24.1 Å².